The lowest BCUT2D eigenvalue weighted by molar-refractivity contribution is -0.304. The van der Waals surface area contributed by atoms with Gasteiger partial charge in [0.15, 0.2) is 23.1 Å². The monoisotopic (exact) mass is 1520 g/mol. The van der Waals surface area contributed by atoms with Crippen LogP contribution in [0.25, 0.3) is 11.4 Å². The lowest BCUT2D eigenvalue weighted by atomic mass is 10.1. The number of tetrazole rings is 2. The van der Waals surface area contributed by atoms with E-state index in [2.05, 4.69) is 35.2 Å². The van der Waals surface area contributed by atoms with Crippen molar-refractivity contribution in [2.75, 3.05) is 24.7 Å². The third-order valence-corrected chi connectivity index (χ3v) is 17.5. The van der Waals surface area contributed by atoms with Gasteiger partial charge in [0.1, 0.15) is 22.4 Å². The molecule has 36 heteroatoms. The molecule has 30 nitrogen and oxygen atoms in total. The van der Waals surface area contributed by atoms with E-state index in [9.17, 15) is 49.2 Å². The Kier molecular flexibility index (Phi) is 30.4. The Labute approximate surface area is 605 Å². The molecule has 2 aromatic carbocycles. The van der Waals surface area contributed by atoms with Gasteiger partial charge in [0, 0.05) is 31.4 Å². The van der Waals surface area contributed by atoms with E-state index in [1.807, 2.05) is 91.8 Å². The molecule has 0 bridgehead atoms. The van der Waals surface area contributed by atoms with Gasteiger partial charge in [0.2, 0.25) is 15.0 Å². The van der Waals surface area contributed by atoms with Gasteiger partial charge in [0.25, 0.3) is 5.16 Å². The van der Waals surface area contributed by atoms with Crippen LogP contribution >= 0.6 is 11.8 Å². The number of rotatable bonds is 20. The highest BCUT2D eigenvalue weighted by Crippen LogP contribution is 2.36. The van der Waals surface area contributed by atoms with Gasteiger partial charge in [-0.1, -0.05) is 53.3 Å². The number of carbonyl (C=O) groups is 4. The zero-order valence-corrected chi connectivity index (χ0v) is 64.8. The predicted octanol–water partition coefficient (Wildman–Crippen LogP) is 9.59. The van der Waals surface area contributed by atoms with Crippen molar-refractivity contribution in [1.29, 1.82) is 0 Å². The Morgan fingerprint density at radius 1 is 0.485 bits per heavy atom. The number of thioether (sulfide) groups is 1. The van der Waals surface area contributed by atoms with Crippen molar-refractivity contribution in [3.05, 3.63) is 60.7 Å². The fraction of sp³-hybridized carbons (Fsp3) is 0.731. The van der Waals surface area contributed by atoms with Crippen LogP contribution in [0.5, 0.6) is 0 Å². The number of hydrogen-bond acceptors (Lipinski definition) is 29. The zero-order chi connectivity index (χ0) is 77.6. The number of carbonyl (C=O) groups excluding carboxylic acids is 4. The fourth-order valence-electron chi connectivity index (χ4n) is 10.9. The van der Waals surface area contributed by atoms with E-state index >= 15 is 0 Å². The molecule has 6 heterocycles. The van der Waals surface area contributed by atoms with Gasteiger partial charge in [-0.05, 0) is 184 Å². The minimum absolute atomic E-state index is 0.00234. The number of alkyl halides is 3. The summed E-state index contributed by atoms with van der Waals surface area (Å²) in [4.78, 5) is 48.0. The number of hydrogen-bond donors (Lipinski definition) is 1. The number of benzene rings is 2. The Morgan fingerprint density at radius 2 is 0.806 bits per heavy atom. The number of aliphatic hydroxyl groups is 1. The number of sulfone groups is 1. The van der Waals surface area contributed by atoms with E-state index in [1.54, 1.807) is 98.2 Å². The third kappa shape index (κ3) is 32.0. The van der Waals surface area contributed by atoms with E-state index < -0.39 is 114 Å². The van der Waals surface area contributed by atoms with Gasteiger partial charge in [-0.25, -0.2) is 8.42 Å². The second-order valence-corrected chi connectivity index (χ2v) is 35.0. The highest BCUT2D eigenvalue weighted by Gasteiger charge is 2.49. The maximum absolute atomic E-state index is 13.1. The minimum atomic E-state index is -5.71. The molecule has 103 heavy (non-hydrogen) atoms. The summed E-state index contributed by atoms with van der Waals surface area (Å²) < 4.78 is 159. The minimum Gasteiger partial charge on any atom is -0.460 e. The molecule has 0 amide bonds. The van der Waals surface area contributed by atoms with Crippen LogP contribution in [0.15, 0.2) is 71.0 Å². The molecule has 0 unspecified atom stereocenters. The van der Waals surface area contributed by atoms with Crippen molar-refractivity contribution < 1.29 is 115 Å². The number of aliphatic hydroxyl groups excluding tert-OH is 1. The first kappa shape index (κ1) is 87.7. The Balaban J connectivity index is 0.000000251. The number of aromatic nitrogens is 8. The number of para-hydroxylation sites is 2. The molecule has 1 N–H and O–H groups in total. The molecule has 0 spiro atoms. The molecule has 8 atom stereocenters. The summed E-state index contributed by atoms with van der Waals surface area (Å²) in [5, 5.41) is 32.7. The van der Waals surface area contributed by atoms with E-state index in [0.717, 1.165) is 5.69 Å². The fourth-order valence-corrected chi connectivity index (χ4v) is 13.7. The molecule has 8 rings (SSSR count). The summed E-state index contributed by atoms with van der Waals surface area (Å²) in [5.74, 6) is -5.05. The van der Waals surface area contributed by atoms with Gasteiger partial charge in [-0.3, -0.25) is 23.4 Å². The topological polar surface area (TPSA) is 364 Å². The summed E-state index contributed by atoms with van der Waals surface area (Å²) in [5.41, 5.74) is -6.40. The summed E-state index contributed by atoms with van der Waals surface area (Å²) in [6.07, 6.45) is -2.33. The predicted molar refractivity (Wildman–Crippen MR) is 365 cm³/mol. The lowest BCUT2D eigenvalue weighted by Crippen LogP contribution is -2.47. The lowest BCUT2D eigenvalue weighted by Gasteiger charge is -2.40. The smallest absolute Gasteiger partial charge is 0.460 e. The third-order valence-electron chi connectivity index (χ3n) is 13.8. The highest BCUT2D eigenvalue weighted by molar-refractivity contribution is 7.99. The summed E-state index contributed by atoms with van der Waals surface area (Å²) >= 11 is 1.52. The molecule has 4 aromatic rings. The molecular weight excluding hydrogens is 1420 g/mol. The first-order valence-electron chi connectivity index (χ1n) is 33.5. The summed E-state index contributed by atoms with van der Waals surface area (Å²) in [6, 6.07) is 18.5. The summed E-state index contributed by atoms with van der Waals surface area (Å²) in [7, 11) is -9.61. The van der Waals surface area contributed by atoms with E-state index in [-0.39, 0.29) is 92.4 Å². The van der Waals surface area contributed by atoms with Crippen LogP contribution in [0.2, 0.25) is 0 Å². The molecule has 0 aliphatic carbocycles. The van der Waals surface area contributed by atoms with Crippen molar-refractivity contribution in [3.63, 3.8) is 0 Å². The van der Waals surface area contributed by atoms with Gasteiger partial charge in [-0.2, -0.15) is 31.0 Å². The molecule has 2 aromatic heterocycles. The molecule has 4 fully saturated rings. The van der Waals surface area contributed by atoms with Crippen LogP contribution in [-0.4, -0.2) is 211 Å². The van der Waals surface area contributed by atoms with Crippen LogP contribution in [-0.2, 0) is 100 Å². The van der Waals surface area contributed by atoms with Crippen molar-refractivity contribution in [1.82, 2.24) is 40.4 Å². The Morgan fingerprint density at radius 3 is 1.19 bits per heavy atom. The quantitative estimate of drug-likeness (QED) is 0.0283. The maximum atomic E-state index is 13.1. The maximum Gasteiger partial charge on any atom is 0.523 e. The summed E-state index contributed by atoms with van der Waals surface area (Å²) in [6.45, 7) is 34.2. The second-order valence-electron chi connectivity index (χ2n) is 30.5. The molecule has 4 saturated heterocycles. The average Bonchev–Trinajstić information content (AvgIpc) is 1.74. The Hall–Kier alpha value is -5.90. The van der Waals surface area contributed by atoms with Crippen molar-refractivity contribution in [2.45, 2.75) is 300 Å². The largest absolute Gasteiger partial charge is 0.523 e. The molecule has 0 saturated carbocycles. The molecule has 582 valence electrons. The van der Waals surface area contributed by atoms with Crippen molar-refractivity contribution in [3.8, 4) is 11.4 Å². The van der Waals surface area contributed by atoms with Crippen LogP contribution in [0, 0.1) is 0 Å². The van der Waals surface area contributed by atoms with Gasteiger partial charge in [-0.15, -0.1) is 5.10 Å². The molecule has 0 radical (unpaired) electrons. The number of esters is 4. The van der Waals surface area contributed by atoms with Crippen LogP contribution in [0.1, 0.15) is 190 Å². The number of ether oxygens (including phenoxy) is 12. The van der Waals surface area contributed by atoms with Crippen molar-refractivity contribution in [2.24, 2.45) is 0 Å². The van der Waals surface area contributed by atoms with E-state index in [0.29, 0.717) is 29.4 Å². The first-order chi connectivity index (χ1) is 47.1. The standard InChI is InChI=1S/C20H28N4O6S.C20H28N4O4S.C14H23F3O7S.C13H24O5/c1-19(2,3)30-17(25)12-15-11-16(29-20(4,5)28-15)13-31(26,27)18-21-22-23-24(18)14-9-7-6-8-10-14;1-19(2,3)28-17(25)12-15-11-16(27-20(4,5)26-15)13-29-18-21-22-23-24(18)14-9-7-6-8-10-14;1-12(2,3)24-11(18)7-9-6-10(23-13(4,5)22-9)8-21-25(19,20)14(15,16)17;1-12(2,3)18-11(15)7-9-6-10(8-14)17-13(4,5)16-9/h6-10,15-16H,11-13H2,1-5H3;6-10,15-16H,11-13H2,1-5H3;9-10H,6-8H2,1-5H3;9-10,14H,6-8H2,1-5H3/t2*15-,16+;2*9-,10+/m1111/s1. The first-order valence-corrected chi connectivity index (χ1v) is 37.5. The van der Waals surface area contributed by atoms with Crippen LogP contribution in [0.4, 0.5) is 13.2 Å². The average molecular weight is 1530 g/mol. The highest BCUT2D eigenvalue weighted by atomic mass is 32.2. The van der Waals surface area contributed by atoms with Crippen LogP contribution in [0.3, 0.4) is 0 Å². The normalized spacial score (nSPS) is 23.5. The Bertz CT molecular complexity index is 3610. The number of halogens is 3. The van der Waals surface area contributed by atoms with E-state index in [1.165, 1.54) is 30.3 Å². The number of nitrogens with zero attached hydrogens (tertiary/aromatic N) is 8. The van der Waals surface area contributed by atoms with E-state index in [4.69, 9.17) is 61.9 Å². The zero-order valence-electron chi connectivity index (χ0n) is 62.3. The molecule has 4 aliphatic rings. The van der Waals surface area contributed by atoms with Crippen LogP contribution < -0.4 is 0 Å². The van der Waals surface area contributed by atoms with Crippen molar-refractivity contribution >= 4 is 55.6 Å². The SMILES string of the molecule is CC(C)(C)OC(=O)C[C@H]1C[C@@H](CO)OC(C)(C)O1.CC(C)(C)OC(=O)C[C@H]1C[C@@H](COS(=O)(=O)C(F)(F)F)OC(C)(C)O1.CC(C)(C)OC(=O)C[C@H]1C[C@@H](CS(=O)(=O)c2nnnn2-c2ccccc2)OC(C)(C)O1.CC(C)(C)OC(=O)C[C@H]1C[C@@H](CSc2nnnn2-c2ccccc2)OC(C)(C)O1. The molecule has 4 aliphatic heterocycles. The van der Waals surface area contributed by atoms with Gasteiger partial charge >= 0.3 is 39.5 Å². The van der Waals surface area contributed by atoms with Gasteiger partial charge in [0.05, 0.1) is 105 Å². The molecular formula is C67H103F3N8O22S3. The van der Waals surface area contributed by atoms with Gasteiger partial charge < -0.3 is 61.9 Å². The second kappa shape index (κ2) is 35.7.